The van der Waals surface area contributed by atoms with Gasteiger partial charge in [-0.25, -0.2) is 0 Å². The molecule has 0 aliphatic rings. The third-order valence-corrected chi connectivity index (χ3v) is 4.57. The number of nitrogens with one attached hydrogen (secondary N) is 1. The molecule has 0 radical (unpaired) electrons. The molecular weight excluding hydrogens is 446 g/mol. The fourth-order valence-electron chi connectivity index (χ4n) is 2.86. The van der Waals surface area contributed by atoms with E-state index in [1.165, 1.54) is 19.1 Å². The van der Waals surface area contributed by atoms with E-state index in [4.69, 9.17) is 9.47 Å². The van der Waals surface area contributed by atoms with E-state index >= 15 is 0 Å². The zero-order valence-corrected chi connectivity index (χ0v) is 19.2. The van der Waals surface area contributed by atoms with Crippen LogP contribution in [0.5, 0.6) is 5.75 Å². The maximum atomic E-state index is 11.7. The third-order valence-electron chi connectivity index (χ3n) is 4.57. The van der Waals surface area contributed by atoms with Gasteiger partial charge in [0, 0.05) is 38.8 Å². The van der Waals surface area contributed by atoms with E-state index in [0.717, 1.165) is 11.8 Å². The second kappa shape index (κ2) is 12.8. The monoisotopic (exact) mass is 473 g/mol. The van der Waals surface area contributed by atoms with Crippen molar-refractivity contribution in [2.45, 2.75) is 20.3 Å². The third kappa shape index (κ3) is 7.81. The van der Waals surface area contributed by atoms with Gasteiger partial charge in [0.2, 0.25) is 5.91 Å². The summed E-state index contributed by atoms with van der Waals surface area (Å²) < 4.78 is 10.3. The Hall–Kier alpha value is -4.06. The summed E-state index contributed by atoms with van der Waals surface area (Å²) in [5, 5.41) is 31.6. The summed E-state index contributed by atoms with van der Waals surface area (Å²) in [6.45, 7) is 4.60. The number of ether oxygens (including phenoxy) is 2. The molecule has 12 nitrogen and oxygen atoms in total. The highest BCUT2D eigenvalue weighted by molar-refractivity contribution is 5.93. The second-order valence-corrected chi connectivity index (χ2v) is 7.07. The Morgan fingerprint density at radius 3 is 2.41 bits per heavy atom. The highest BCUT2D eigenvalue weighted by atomic mass is 16.6. The number of carbonyl (C=O) groups excluding carboxylic acids is 2. The smallest absolute Gasteiger partial charge is 0.305 e. The average Bonchev–Trinajstić information content (AvgIpc) is 2.80. The van der Waals surface area contributed by atoms with E-state index < -0.39 is 10.7 Å². The Bertz CT molecular complexity index is 1060. The molecule has 0 atom stereocenters. The lowest BCUT2D eigenvalue weighted by molar-refractivity contribution is -0.384. The minimum absolute atomic E-state index is 0.0305. The van der Waals surface area contributed by atoms with Crippen LogP contribution in [0, 0.1) is 10.1 Å². The van der Waals surface area contributed by atoms with Crippen LogP contribution in [-0.2, 0) is 19.1 Å². The number of esters is 1. The molecule has 0 saturated carbocycles. The molecule has 2 aromatic rings. The molecule has 2 rings (SSSR count). The van der Waals surface area contributed by atoms with E-state index in [1.807, 2.05) is 4.90 Å². The lowest BCUT2D eigenvalue weighted by Crippen LogP contribution is -2.31. The zero-order valence-electron chi connectivity index (χ0n) is 19.2. The quantitative estimate of drug-likeness (QED) is 0.202. The predicted octanol–water partition coefficient (Wildman–Crippen LogP) is 4.08. The molecule has 0 bridgehead atoms. The Morgan fingerprint density at radius 1 is 1.12 bits per heavy atom. The molecule has 1 amide bonds. The first-order valence-corrected chi connectivity index (χ1v) is 10.5. The molecule has 2 aromatic carbocycles. The van der Waals surface area contributed by atoms with Gasteiger partial charge in [0.25, 0.3) is 5.69 Å². The number of nitro benzene ring substituents is 1. The van der Waals surface area contributed by atoms with Gasteiger partial charge in [-0.15, -0.1) is 10.2 Å². The number of methoxy groups -OCH3 is 1. The van der Waals surface area contributed by atoms with Gasteiger partial charge >= 0.3 is 5.97 Å². The molecule has 0 aliphatic carbocycles. The van der Waals surface area contributed by atoms with Gasteiger partial charge in [-0.3, -0.25) is 19.7 Å². The minimum atomic E-state index is -0.632. The first kappa shape index (κ1) is 26.2. The summed E-state index contributed by atoms with van der Waals surface area (Å²) in [6, 6.07) is 8.53. The van der Waals surface area contributed by atoms with Crippen molar-refractivity contribution in [1.29, 1.82) is 0 Å². The van der Waals surface area contributed by atoms with E-state index in [0.29, 0.717) is 31.1 Å². The summed E-state index contributed by atoms with van der Waals surface area (Å²) >= 11 is 0. The summed E-state index contributed by atoms with van der Waals surface area (Å²) in [5.74, 6) is -1.02. The van der Waals surface area contributed by atoms with Gasteiger partial charge in [-0.05, 0) is 24.3 Å². The summed E-state index contributed by atoms with van der Waals surface area (Å²) in [4.78, 5) is 35.3. The van der Waals surface area contributed by atoms with Crippen molar-refractivity contribution in [3.05, 3.63) is 46.5 Å². The molecule has 0 fully saturated rings. The first-order valence-electron chi connectivity index (χ1n) is 10.5. The number of benzene rings is 2. The largest absolute Gasteiger partial charge is 0.505 e. The number of amides is 1. The van der Waals surface area contributed by atoms with Gasteiger partial charge in [0.15, 0.2) is 0 Å². The SMILES string of the molecule is CCC(=O)OCCN(CCOC)c1ccc(N=Nc2ccc([N+](=O)[O-])cc2O)c(NC(C)=O)c1. The molecule has 0 aromatic heterocycles. The van der Waals surface area contributed by atoms with Gasteiger partial charge in [-0.2, -0.15) is 0 Å². The van der Waals surface area contributed by atoms with Gasteiger partial charge in [-0.1, -0.05) is 6.92 Å². The molecule has 34 heavy (non-hydrogen) atoms. The summed E-state index contributed by atoms with van der Waals surface area (Å²) in [5.41, 5.74) is 1.15. The van der Waals surface area contributed by atoms with Crippen molar-refractivity contribution in [2.24, 2.45) is 10.2 Å². The number of phenols is 1. The summed E-state index contributed by atoms with van der Waals surface area (Å²) in [7, 11) is 1.58. The van der Waals surface area contributed by atoms with Crippen LogP contribution in [0.4, 0.5) is 28.4 Å². The molecule has 0 heterocycles. The number of hydrogen-bond donors (Lipinski definition) is 2. The lowest BCUT2D eigenvalue weighted by Gasteiger charge is -2.25. The van der Waals surface area contributed by atoms with E-state index in [2.05, 4.69) is 15.5 Å². The Balaban J connectivity index is 2.31. The maximum Gasteiger partial charge on any atom is 0.305 e. The number of aromatic hydroxyl groups is 1. The van der Waals surface area contributed by atoms with Crippen molar-refractivity contribution < 1.29 is 29.1 Å². The number of hydrogen-bond acceptors (Lipinski definition) is 10. The van der Waals surface area contributed by atoms with Crippen molar-refractivity contribution in [1.82, 2.24) is 0 Å². The molecular formula is C22H27N5O7. The minimum Gasteiger partial charge on any atom is -0.505 e. The van der Waals surface area contributed by atoms with Crippen LogP contribution in [0.25, 0.3) is 0 Å². The Kier molecular flexibility index (Phi) is 9.90. The first-order chi connectivity index (χ1) is 16.2. The normalized spacial score (nSPS) is 10.8. The number of non-ortho nitro benzene ring substituents is 1. The van der Waals surface area contributed by atoms with Crippen molar-refractivity contribution in [2.75, 3.05) is 43.6 Å². The summed E-state index contributed by atoms with van der Waals surface area (Å²) in [6.07, 6.45) is 0.286. The molecule has 12 heteroatoms. The Labute approximate surface area is 196 Å². The van der Waals surface area contributed by atoms with Crippen LogP contribution in [0.15, 0.2) is 46.6 Å². The van der Waals surface area contributed by atoms with E-state index in [-0.39, 0.29) is 36.3 Å². The molecule has 0 unspecified atom stereocenters. The topological polar surface area (TPSA) is 156 Å². The highest BCUT2D eigenvalue weighted by Crippen LogP contribution is 2.35. The molecule has 0 spiro atoms. The fourth-order valence-corrected chi connectivity index (χ4v) is 2.86. The van der Waals surface area contributed by atoms with Gasteiger partial charge in [0.1, 0.15) is 23.7 Å². The highest BCUT2D eigenvalue weighted by Gasteiger charge is 2.13. The van der Waals surface area contributed by atoms with Crippen molar-refractivity contribution >= 4 is 40.3 Å². The van der Waals surface area contributed by atoms with Crippen molar-refractivity contribution in [3.8, 4) is 5.75 Å². The number of nitrogens with zero attached hydrogens (tertiary/aromatic N) is 4. The number of nitro groups is 1. The maximum absolute atomic E-state index is 11.7. The van der Waals surface area contributed by atoms with Crippen molar-refractivity contribution in [3.63, 3.8) is 0 Å². The number of rotatable bonds is 12. The van der Waals surface area contributed by atoms with Crippen LogP contribution < -0.4 is 10.2 Å². The number of phenolic OH excluding ortho intramolecular Hbond substituents is 1. The predicted molar refractivity (Wildman–Crippen MR) is 125 cm³/mol. The molecule has 182 valence electrons. The molecule has 0 aliphatic heterocycles. The fraction of sp³-hybridized carbons (Fsp3) is 0.364. The number of anilines is 2. The van der Waals surface area contributed by atoms with Crippen LogP contribution in [-0.4, -0.2) is 55.3 Å². The average molecular weight is 473 g/mol. The molecule has 2 N–H and O–H groups in total. The number of carbonyl (C=O) groups is 2. The van der Waals surface area contributed by atoms with Crippen LogP contribution in [0.1, 0.15) is 20.3 Å². The van der Waals surface area contributed by atoms with Crippen LogP contribution in [0.2, 0.25) is 0 Å². The Morgan fingerprint density at radius 2 is 1.79 bits per heavy atom. The number of azo groups is 1. The second-order valence-electron chi connectivity index (χ2n) is 7.07. The van der Waals surface area contributed by atoms with E-state index in [9.17, 15) is 24.8 Å². The van der Waals surface area contributed by atoms with Gasteiger partial charge in [0.05, 0.1) is 29.8 Å². The zero-order chi connectivity index (χ0) is 25.1. The standard InChI is InChI=1S/C22H27N5O7/c1-4-22(30)34-12-10-26(9-11-33-3)16-5-7-18(20(13-16)23-15(2)28)24-25-19-8-6-17(27(31)32)14-21(19)29/h5-8,13-14,29H,4,9-12H2,1-3H3,(H,23,28). The van der Waals surface area contributed by atoms with Crippen LogP contribution in [0.3, 0.4) is 0 Å². The van der Waals surface area contributed by atoms with Gasteiger partial charge < -0.3 is 24.8 Å². The molecule has 0 saturated heterocycles. The van der Waals surface area contributed by atoms with Crippen LogP contribution >= 0.6 is 0 Å². The van der Waals surface area contributed by atoms with E-state index in [1.54, 1.807) is 32.2 Å². The lowest BCUT2D eigenvalue weighted by atomic mass is 10.2.